The maximum atomic E-state index is 14.1. The van der Waals surface area contributed by atoms with Crippen molar-refractivity contribution in [2.24, 2.45) is 11.3 Å². The molecule has 1 N–H and O–H groups in total. The lowest BCUT2D eigenvalue weighted by Crippen LogP contribution is -2.54. The number of hydrogen-bond acceptors (Lipinski definition) is 6. The monoisotopic (exact) mass is 679 g/mol. The third-order valence-corrected chi connectivity index (χ3v) is 10.1. The topological polar surface area (TPSA) is 110 Å². The third-order valence-electron chi connectivity index (χ3n) is 9.36. The number of piperidine rings is 1. The number of nitrogens with zero attached hydrogens (tertiary/aromatic N) is 4. The van der Waals surface area contributed by atoms with Gasteiger partial charge >= 0.3 is 0 Å². The smallest absolute Gasteiger partial charge is 0.287 e. The molecule has 1 aliphatic carbocycles. The normalized spacial score (nSPS) is 17.8. The fraction of sp³-hybridized carbons (Fsp3) is 0.424. The van der Waals surface area contributed by atoms with Crippen molar-refractivity contribution in [1.82, 2.24) is 25.0 Å². The Morgan fingerprint density at radius 1 is 1.07 bits per heavy atom. The lowest BCUT2D eigenvalue weighted by molar-refractivity contribution is -0.136. The minimum Gasteiger partial charge on any atom is -0.451 e. The highest BCUT2D eigenvalue weighted by molar-refractivity contribution is 9.10. The number of rotatable bonds is 8. The van der Waals surface area contributed by atoms with Crippen LogP contribution in [0.3, 0.4) is 0 Å². The predicted octanol–water partition coefficient (Wildman–Crippen LogP) is 6.03. The fourth-order valence-corrected chi connectivity index (χ4v) is 7.45. The fourth-order valence-electron chi connectivity index (χ4n) is 6.97. The van der Waals surface area contributed by atoms with E-state index in [4.69, 9.17) is 16.0 Å². The van der Waals surface area contributed by atoms with Crippen molar-refractivity contribution >= 4 is 50.3 Å². The minimum atomic E-state index is -0.855. The van der Waals surface area contributed by atoms with E-state index in [-0.39, 0.29) is 28.9 Å². The van der Waals surface area contributed by atoms with Crippen LogP contribution >= 0.6 is 27.5 Å². The first-order valence-corrected chi connectivity index (χ1v) is 16.4. The molecule has 1 saturated heterocycles. The lowest BCUT2D eigenvalue weighted by atomic mass is 9.63. The van der Waals surface area contributed by atoms with Crippen molar-refractivity contribution in [2.45, 2.75) is 64.0 Å². The van der Waals surface area contributed by atoms with Crippen molar-refractivity contribution in [3.8, 4) is 0 Å². The molecule has 4 aromatic rings. The van der Waals surface area contributed by atoms with E-state index in [0.29, 0.717) is 35.0 Å². The molecule has 0 bridgehead atoms. The SMILES string of the molecule is O=C(N[C@H](Cc1ccc(Cl)cc1)C(=O)N1CCC(Cn2cncn2)(C2CCCCC2)CC1)c1cc(=O)c2cc(Br)ccc2o1. The molecule has 2 fully saturated rings. The van der Waals surface area contributed by atoms with Crippen molar-refractivity contribution in [3.05, 3.63) is 92.2 Å². The summed E-state index contributed by atoms with van der Waals surface area (Å²) in [6.45, 7) is 1.98. The summed E-state index contributed by atoms with van der Waals surface area (Å²) >= 11 is 9.47. The van der Waals surface area contributed by atoms with E-state index < -0.39 is 11.9 Å². The second kappa shape index (κ2) is 13.2. The van der Waals surface area contributed by atoms with Gasteiger partial charge in [0.2, 0.25) is 5.91 Å². The Balaban J connectivity index is 1.22. The summed E-state index contributed by atoms with van der Waals surface area (Å²) in [6, 6.07) is 12.6. The maximum Gasteiger partial charge on any atom is 0.287 e. The molecule has 6 rings (SSSR count). The van der Waals surface area contributed by atoms with Crippen LogP contribution in [0.15, 0.2) is 74.9 Å². The van der Waals surface area contributed by atoms with E-state index in [2.05, 4.69) is 31.3 Å². The van der Waals surface area contributed by atoms with E-state index in [1.807, 2.05) is 21.7 Å². The van der Waals surface area contributed by atoms with Gasteiger partial charge in [0.05, 0.1) is 5.39 Å². The van der Waals surface area contributed by atoms with Crippen LogP contribution < -0.4 is 10.7 Å². The Hall–Kier alpha value is -3.50. The van der Waals surface area contributed by atoms with E-state index in [9.17, 15) is 14.4 Å². The Bertz CT molecular complexity index is 1680. The van der Waals surface area contributed by atoms with Crippen LogP contribution in [0.1, 0.15) is 61.1 Å². The number of benzene rings is 2. The number of aromatic nitrogens is 3. The largest absolute Gasteiger partial charge is 0.451 e. The second-order valence-electron chi connectivity index (χ2n) is 12.1. The summed E-state index contributed by atoms with van der Waals surface area (Å²) in [4.78, 5) is 46.4. The first-order chi connectivity index (χ1) is 21.3. The number of amides is 2. The molecule has 2 aliphatic rings. The van der Waals surface area contributed by atoms with Crippen molar-refractivity contribution in [1.29, 1.82) is 0 Å². The molecule has 3 heterocycles. The van der Waals surface area contributed by atoms with Gasteiger partial charge in [-0.25, -0.2) is 4.98 Å². The number of halogens is 2. The first kappa shape index (κ1) is 30.5. The quantitative estimate of drug-likeness (QED) is 0.243. The molecular weight excluding hydrogens is 646 g/mol. The van der Waals surface area contributed by atoms with Gasteiger partial charge in [-0.2, -0.15) is 5.10 Å². The van der Waals surface area contributed by atoms with Crippen LogP contribution in [0, 0.1) is 11.3 Å². The molecule has 1 atom stereocenters. The standard InChI is InChI=1S/C33H35BrClN5O4/c34-24-8-11-29-26(17-24)28(41)18-30(44-29)31(42)38-27(16-22-6-9-25(35)10-7-22)32(43)39-14-12-33(13-15-39,19-40-21-36-20-37-40)23-4-2-1-3-5-23/h6-11,17-18,20-21,23,27H,1-5,12-16,19H2,(H,38,42)/t27-/m1/s1. The Morgan fingerprint density at radius 3 is 2.52 bits per heavy atom. The van der Waals surface area contributed by atoms with Gasteiger partial charge in [0.25, 0.3) is 5.91 Å². The van der Waals surface area contributed by atoms with Gasteiger partial charge in [-0.15, -0.1) is 0 Å². The Morgan fingerprint density at radius 2 is 1.82 bits per heavy atom. The van der Waals surface area contributed by atoms with Gasteiger partial charge in [-0.1, -0.05) is 58.9 Å². The molecule has 2 aromatic carbocycles. The number of nitrogens with one attached hydrogen (secondary N) is 1. The molecular formula is C33H35BrClN5O4. The van der Waals surface area contributed by atoms with E-state index in [1.54, 1.807) is 43.0 Å². The zero-order chi connectivity index (χ0) is 30.7. The number of carbonyl (C=O) groups is 2. The number of fused-ring (bicyclic) bond motifs is 1. The van der Waals surface area contributed by atoms with Crippen molar-refractivity contribution < 1.29 is 14.0 Å². The third kappa shape index (κ3) is 6.76. The Labute approximate surface area is 269 Å². The van der Waals surface area contributed by atoms with Gasteiger partial charge in [0.1, 0.15) is 24.3 Å². The highest BCUT2D eigenvalue weighted by atomic mass is 79.9. The molecule has 1 saturated carbocycles. The highest BCUT2D eigenvalue weighted by Crippen LogP contribution is 2.47. The van der Waals surface area contributed by atoms with Gasteiger partial charge in [-0.05, 0) is 72.9 Å². The molecule has 0 spiro atoms. The summed E-state index contributed by atoms with van der Waals surface area (Å²) in [7, 11) is 0. The van der Waals surface area contributed by atoms with E-state index in [0.717, 1.165) is 29.4 Å². The van der Waals surface area contributed by atoms with Crippen molar-refractivity contribution in [3.63, 3.8) is 0 Å². The van der Waals surface area contributed by atoms with Gasteiger partial charge in [-0.3, -0.25) is 19.1 Å². The summed E-state index contributed by atoms with van der Waals surface area (Å²) < 4.78 is 8.48. The number of hydrogen-bond donors (Lipinski definition) is 1. The zero-order valence-electron chi connectivity index (χ0n) is 24.4. The van der Waals surface area contributed by atoms with Gasteiger partial charge in [0.15, 0.2) is 11.2 Å². The summed E-state index contributed by atoms with van der Waals surface area (Å²) in [5.41, 5.74) is 0.871. The summed E-state index contributed by atoms with van der Waals surface area (Å²) in [5.74, 6) is -0.322. The van der Waals surface area contributed by atoms with Gasteiger partial charge < -0.3 is 14.6 Å². The summed E-state index contributed by atoms with van der Waals surface area (Å²) in [5, 5.41) is 8.26. The molecule has 1 aliphatic heterocycles. The van der Waals surface area contributed by atoms with Crippen molar-refractivity contribution in [2.75, 3.05) is 13.1 Å². The molecule has 9 nitrogen and oxygen atoms in total. The minimum absolute atomic E-state index is 0.0450. The van der Waals surface area contributed by atoms with E-state index in [1.165, 1.54) is 38.2 Å². The number of likely N-dealkylation sites (tertiary alicyclic amines) is 1. The van der Waals surface area contributed by atoms with Crippen LogP contribution in [0.2, 0.25) is 5.02 Å². The second-order valence-corrected chi connectivity index (χ2v) is 13.4. The predicted molar refractivity (Wildman–Crippen MR) is 171 cm³/mol. The first-order valence-electron chi connectivity index (χ1n) is 15.2. The Kier molecular flexibility index (Phi) is 9.18. The van der Waals surface area contributed by atoms with E-state index >= 15 is 0 Å². The average Bonchev–Trinajstić information content (AvgIpc) is 3.55. The average molecular weight is 681 g/mol. The van der Waals surface area contributed by atoms with Crippen LogP contribution in [0.25, 0.3) is 11.0 Å². The van der Waals surface area contributed by atoms with Crippen LogP contribution in [0.4, 0.5) is 0 Å². The van der Waals surface area contributed by atoms with Gasteiger partial charge in [0, 0.05) is 41.6 Å². The summed E-state index contributed by atoms with van der Waals surface area (Å²) in [6.07, 6.45) is 11.5. The van der Waals surface area contributed by atoms with Crippen LogP contribution in [-0.4, -0.2) is 50.6 Å². The van der Waals surface area contributed by atoms with Crippen LogP contribution in [0.5, 0.6) is 0 Å². The maximum absolute atomic E-state index is 14.1. The molecule has 230 valence electrons. The lowest BCUT2D eigenvalue weighted by Gasteiger charge is -2.48. The molecule has 2 amide bonds. The zero-order valence-corrected chi connectivity index (χ0v) is 26.7. The van der Waals surface area contributed by atoms with Crippen LogP contribution in [-0.2, 0) is 17.8 Å². The molecule has 0 unspecified atom stereocenters. The number of carbonyl (C=O) groups excluding carboxylic acids is 2. The molecule has 0 radical (unpaired) electrons. The highest BCUT2D eigenvalue weighted by Gasteiger charge is 2.44. The molecule has 44 heavy (non-hydrogen) atoms. The molecule has 2 aromatic heterocycles. The molecule has 11 heteroatoms.